The number of hydrogen-bond donors (Lipinski definition) is 1. The van der Waals surface area contributed by atoms with Crippen LogP contribution in [0.2, 0.25) is 5.02 Å². The van der Waals surface area contributed by atoms with Gasteiger partial charge in [-0.05, 0) is 38.4 Å². The lowest BCUT2D eigenvalue weighted by Gasteiger charge is -2.31. The SMILES string of the molecule is CNC1CCN(S(=O)(=O)c2cccc(C)c2Cl)CC1. The Balaban J connectivity index is 2.26. The lowest BCUT2D eigenvalue weighted by molar-refractivity contribution is 0.298. The van der Waals surface area contributed by atoms with Gasteiger partial charge in [-0.15, -0.1) is 0 Å². The van der Waals surface area contributed by atoms with Crippen LogP contribution in [0.5, 0.6) is 0 Å². The summed E-state index contributed by atoms with van der Waals surface area (Å²) in [5.74, 6) is 0. The van der Waals surface area contributed by atoms with Crippen molar-refractivity contribution in [1.29, 1.82) is 0 Å². The Morgan fingerprint density at radius 1 is 1.32 bits per heavy atom. The lowest BCUT2D eigenvalue weighted by Crippen LogP contribution is -2.43. The summed E-state index contributed by atoms with van der Waals surface area (Å²) in [6, 6.07) is 5.53. The van der Waals surface area contributed by atoms with Gasteiger partial charge in [0, 0.05) is 19.1 Å². The monoisotopic (exact) mass is 302 g/mol. The van der Waals surface area contributed by atoms with E-state index in [-0.39, 0.29) is 4.90 Å². The van der Waals surface area contributed by atoms with Crippen LogP contribution in [-0.4, -0.2) is 38.9 Å². The number of benzene rings is 1. The smallest absolute Gasteiger partial charge is 0.244 e. The Labute approximate surface area is 119 Å². The van der Waals surface area contributed by atoms with Crippen LogP contribution in [0.3, 0.4) is 0 Å². The van der Waals surface area contributed by atoms with Gasteiger partial charge < -0.3 is 5.32 Å². The van der Waals surface area contributed by atoms with Crippen molar-refractivity contribution >= 4 is 21.6 Å². The van der Waals surface area contributed by atoms with Crippen molar-refractivity contribution < 1.29 is 8.42 Å². The van der Waals surface area contributed by atoms with Crippen LogP contribution < -0.4 is 5.32 Å². The molecule has 0 aromatic heterocycles. The highest BCUT2D eigenvalue weighted by Gasteiger charge is 2.30. The predicted molar refractivity (Wildman–Crippen MR) is 77.0 cm³/mol. The molecule has 0 saturated carbocycles. The second kappa shape index (κ2) is 5.79. The molecule has 0 radical (unpaired) electrons. The number of halogens is 1. The fourth-order valence-electron chi connectivity index (χ4n) is 2.34. The second-order valence-corrected chi connectivity index (χ2v) is 7.14. The van der Waals surface area contributed by atoms with E-state index >= 15 is 0 Å². The van der Waals surface area contributed by atoms with Crippen LogP contribution in [0.25, 0.3) is 0 Å². The highest BCUT2D eigenvalue weighted by molar-refractivity contribution is 7.89. The largest absolute Gasteiger partial charge is 0.317 e. The molecule has 1 heterocycles. The summed E-state index contributed by atoms with van der Waals surface area (Å²) in [6.45, 7) is 2.89. The molecule has 1 aromatic rings. The first-order valence-corrected chi connectivity index (χ1v) is 8.21. The minimum absolute atomic E-state index is 0.220. The van der Waals surface area contributed by atoms with Gasteiger partial charge >= 0.3 is 0 Å². The molecule has 1 N–H and O–H groups in total. The normalized spacial score (nSPS) is 18.7. The molecule has 19 heavy (non-hydrogen) atoms. The quantitative estimate of drug-likeness (QED) is 0.929. The summed E-state index contributed by atoms with van der Waals surface area (Å²) in [5.41, 5.74) is 0.785. The summed E-state index contributed by atoms with van der Waals surface area (Å²) in [4.78, 5) is 0.220. The molecule has 0 bridgehead atoms. The van der Waals surface area contributed by atoms with Gasteiger partial charge in [0.05, 0.1) is 5.02 Å². The van der Waals surface area contributed by atoms with E-state index in [1.165, 1.54) is 4.31 Å². The molecule has 4 nitrogen and oxygen atoms in total. The van der Waals surface area contributed by atoms with E-state index in [0.717, 1.165) is 18.4 Å². The second-order valence-electron chi connectivity index (χ2n) is 4.85. The van der Waals surface area contributed by atoms with Crippen LogP contribution in [0, 0.1) is 6.92 Å². The molecule has 1 aliphatic heterocycles. The number of piperidine rings is 1. The van der Waals surface area contributed by atoms with E-state index in [9.17, 15) is 8.42 Å². The first-order valence-electron chi connectivity index (χ1n) is 6.39. The van der Waals surface area contributed by atoms with Crippen molar-refractivity contribution in [3.05, 3.63) is 28.8 Å². The van der Waals surface area contributed by atoms with Crippen LogP contribution >= 0.6 is 11.6 Å². The van der Waals surface area contributed by atoms with E-state index in [4.69, 9.17) is 11.6 Å². The molecule has 1 saturated heterocycles. The maximum atomic E-state index is 12.6. The third-order valence-electron chi connectivity index (χ3n) is 3.64. The third-order valence-corrected chi connectivity index (χ3v) is 6.19. The summed E-state index contributed by atoms with van der Waals surface area (Å²) >= 11 is 6.13. The molecule has 106 valence electrons. The summed E-state index contributed by atoms with van der Waals surface area (Å²) in [7, 11) is -1.56. The lowest BCUT2D eigenvalue weighted by atomic mass is 10.1. The van der Waals surface area contributed by atoms with Gasteiger partial charge in [0.25, 0.3) is 0 Å². The van der Waals surface area contributed by atoms with E-state index in [1.807, 2.05) is 20.0 Å². The minimum atomic E-state index is -3.47. The van der Waals surface area contributed by atoms with Crippen LogP contribution in [0.1, 0.15) is 18.4 Å². The number of hydrogen-bond acceptors (Lipinski definition) is 3. The molecular weight excluding hydrogens is 284 g/mol. The Morgan fingerprint density at radius 2 is 1.95 bits per heavy atom. The minimum Gasteiger partial charge on any atom is -0.317 e. The molecule has 1 aliphatic rings. The molecule has 0 spiro atoms. The van der Waals surface area contributed by atoms with Gasteiger partial charge in [0.2, 0.25) is 10.0 Å². The highest BCUT2D eigenvalue weighted by Crippen LogP contribution is 2.28. The molecule has 0 aliphatic carbocycles. The highest BCUT2D eigenvalue weighted by atomic mass is 35.5. The summed E-state index contributed by atoms with van der Waals surface area (Å²) in [5, 5.41) is 3.52. The fraction of sp³-hybridized carbons (Fsp3) is 0.538. The first-order chi connectivity index (χ1) is 8.96. The Kier molecular flexibility index (Phi) is 4.50. The van der Waals surface area contributed by atoms with Gasteiger partial charge in [0.1, 0.15) is 4.90 Å². The molecule has 0 amide bonds. The maximum Gasteiger partial charge on any atom is 0.244 e. The Bertz CT molecular complexity index is 552. The number of nitrogens with zero attached hydrogens (tertiary/aromatic N) is 1. The van der Waals surface area contributed by atoms with Crippen LogP contribution in [-0.2, 0) is 10.0 Å². The molecule has 1 fully saturated rings. The van der Waals surface area contributed by atoms with Gasteiger partial charge in [-0.2, -0.15) is 4.31 Å². The zero-order chi connectivity index (χ0) is 14.0. The van der Waals surface area contributed by atoms with E-state index in [1.54, 1.807) is 12.1 Å². The van der Waals surface area contributed by atoms with Gasteiger partial charge in [0.15, 0.2) is 0 Å². The maximum absolute atomic E-state index is 12.6. The number of nitrogens with one attached hydrogen (secondary N) is 1. The Hall–Kier alpha value is -0.620. The van der Waals surface area contributed by atoms with Crippen LogP contribution in [0.4, 0.5) is 0 Å². The average molecular weight is 303 g/mol. The molecule has 2 rings (SSSR count). The zero-order valence-corrected chi connectivity index (χ0v) is 12.8. The number of rotatable bonds is 3. The topological polar surface area (TPSA) is 49.4 Å². The van der Waals surface area contributed by atoms with Crippen molar-refractivity contribution in [1.82, 2.24) is 9.62 Å². The fourth-order valence-corrected chi connectivity index (χ4v) is 4.37. The molecular formula is C13H19ClN2O2S. The van der Waals surface area contributed by atoms with Gasteiger partial charge in [-0.25, -0.2) is 8.42 Å². The molecule has 6 heteroatoms. The van der Waals surface area contributed by atoms with Gasteiger partial charge in [-0.3, -0.25) is 0 Å². The first kappa shape index (κ1) is 14.8. The molecule has 0 atom stereocenters. The molecule has 0 unspecified atom stereocenters. The molecule has 1 aromatic carbocycles. The zero-order valence-electron chi connectivity index (χ0n) is 11.2. The predicted octanol–water partition coefficient (Wildman–Crippen LogP) is 2.02. The van der Waals surface area contributed by atoms with Gasteiger partial charge in [-0.1, -0.05) is 23.7 Å². The van der Waals surface area contributed by atoms with Crippen molar-refractivity contribution in [2.75, 3.05) is 20.1 Å². The number of sulfonamides is 1. The van der Waals surface area contributed by atoms with Crippen molar-refractivity contribution in [2.45, 2.75) is 30.7 Å². The van der Waals surface area contributed by atoms with Crippen molar-refractivity contribution in [3.8, 4) is 0 Å². The van der Waals surface area contributed by atoms with E-state index in [2.05, 4.69) is 5.32 Å². The number of aryl methyl sites for hydroxylation is 1. The Morgan fingerprint density at radius 3 is 2.53 bits per heavy atom. The summed E-state index contributed by atoms with van der Waals surface area (Å²) < 4.78 is 26.7. The average Bonchev–Trinajstić information content (AvgIpc) is 2.41. The van der Waals surface area contributed by atoms with Crippen molar-refractivity contribution in [2.24, 2.45) is 0 Å². The van der Waals surface area contributed by atoms with Crippen LogP contribution in [0.15, 0.2) is 23.1 Å². The van der Waals surface area contributed by atoms with Crippen molar-refractivity contribution in [3.63, 3.8) is 0 Å². The van der Waals surface area contributed by atoms with E-state index < -0.39 is 10.0 Å². The third kappa shape index (κ3) is 2.94. The summed E-state index contributed by atoms with van der Waals surface area (Å²) in [6.07, 6.45) is 1.67. The van der Waals surface area contributed by atoms with E-state index in [0.29, 0.717) is 24.2 Å². The standard InChI is InChI=1S/C13H19ClN2O2S/c1-10-4-3-5-12(13(10)14)19(17,18)16-8-6-11(15-2)7-9-16/h3-5,11,15H,6-9H2,1-2H3.